The van der Waals surface area contributed by atoms with Gasteiger partial charge in [-0.15, -0.1) is 0 Å². The molecular weight excluding hydrogens is 292 g/mol. The Morgan fingerprint density at radius 1 is 1.22 bits per heavy atom. The quantitative estimate of drug-likeness (QED) is 0.857. The van der Waals surface area contributed by atoms with Crippen molar-refractivity contribution < 1.29 is 14.0 Å². The van der Waals surface area contributed by atoms with Gasteiger partial charge in [-0.1, -0.05) is 12.8 Å². The van der Waals surface area contributed by atoms with Crippen LogP contribution in [0, 0.1) is 5.92 Å². The fourth-order valence-corrected chi connectivity index (χ4v) is 3.93. The van der Waals surface area contributed by atoms with E-state index in [0.717, 1.165) is 32.2 Å². The number of carbonyl (C=O) groups is 2. The molecule has 0 aromatic carbocycles. The third-order valence-electron chi connectivity index (χ3n) is 5.25. The van der Waals surface area contributed by atoms with Gasteiger partial charge in [-0.2, -0.15) is 0 Å². The lowest BCUT2D eigenvalue weighted by molar-refractivity contribution is -0.139. The molecule has 23 heavy (non-hydrogen) atoms. The van der Waals surface area contributed by atoms with Crippen molar-refractivity contribution in [1.82, 2.24) is 9.80 Å². The van der Waals surface area contributed by atoms with Crippen LogP contribution in [0.25, 0.3) is 0 Å². The Bertz CT molecular complexity index is 526. The molecule has 0 unspecified atom stereocenters. The third-order valence-corrected chi connectivity index (χ3v) is 5.25. The molecule has 5 nitrogen and oxygen atoms in total. The van der Waals surface area contributed by atoms with E-state index in [-0.39, 0.29) is 11.8 Å². The Kier molecular flexibility index (Phi) is 5.03. The smallest absolute Gasteiger partial charge is 0.289 e. The van der Waals surface area contributed by atoms with E-state index in [1.54, 1.807) is 17.0 Å². The summed E-state index contributed by atoms with van der Waals surface area (Å²) in [5, 5.41) is 0. The van der Waals surface area contributed by atoms with Gasteiger partial charge in [0.1, 0.15) is 0 Å². The monoisotopic (exact) mass is 318 g/mol. The number of nitrogens with zero attached hydrogens (tertiary/aromatic N) is 2. The van der Waals surface area contributed by atoms with Gasteiger partial charge in [-0.3, -0.25) is 9.59 Å². The molecule has 1 saturated carbocycles. The number of carbonyl (C=O) groups excluding carboxylic acids is 2. The van der Waals surface area contributed by atoms with Crippen molar-refractivity contribution in [3.8, 4) is 0 Å². The lowest BCUT2D eigenvalue weighted by Gasteiger charge is -2.36. The summed E-state index contributed by atoms with van der Waals surface area (Å²) in [6, 6.07) is 3.86. The first-order chi connectivity index (χ1) is 11.2. The minimum absolute atomic E-state index is 0.0657. The van der Waals surface area contributed by atoms with Crippen molar-refractivity contribution in [3.63, 3.8) is 0 Å². The number of piperidine rings is 1. The summed E-state index contributed by atoms with van der Waals surface area (Å²) in [4.78, 5) is 29.0. The van der Waals surface area contributed by atoms with Crippen LogP contribution < -0.4 is 0 Å². The van der Waals surface area contributed by atoms with E-state index in [0.29, 0.717) is 30.8 Å². The molecule has 2 amide bonds. The fraction of sp³-hybridized carbons (Fsp3) is 0.667. The SMILES string of the molecule is CCN(C(=O)C1CCN(C(=O)c2ccco2)CC1)C1CCCC1. The zero-order valence-electron chi connectivity index (χ0n) is 13.9. The molecule has 2 fully saturated rings. The maximum atomic E-state index is 12.8. The summed E-state index contributed by atoms with van der Waals surface area (Å²) in [5.41, 5.74) is 0. The lowest BCUT2D eigenvalue weighted by Crippen LogP contribution is -2.47. The summed E-state index contributed by atoms with van der Waals surface area (Å²) in [6.07, 6.45) is 7.81. The van der Waals surface area contributed by atoms with Crippen LogP contribution in [-0.2, 0) is 4.79 Å². The molecule has 3 rings (SSSR count). The number of likely N-dealkylation sites (tertiary alicyclic amines) is 1. The summed E-state index contributed by atoms with van der Waals surface area (Å²) < 4.78 is 5.18. The Labute approximate surface area is 137 Å². The van der Waals surface area contributed by atoms with Crippen LogP contribution in [0.4, 0.5) is 0 Å². The number of furan rings is 1. The van der Waals surface area contributed by atoms with Crippen LogP contribution in [0.2, 0.25) is 0 Å². The van der Waals surface area contributed by atoms with Crippen LogP contribution in [-0.4, -0.2) is 47.3 Å². The Morgan fingerprint density at radius 2 is 1.91 bits per heavy atom. The fourth-order valence-electron chi connectivity index (χ4n) is 3.93. The van der Waals surface area contributed by atoms with Gasteiger partial charge < -0.3 is 14.2 Å². The summed E-state index contributed by atoms with van der Waals surface area (Å²) >= 11 is 0. The maximum Gasteiger partial charge on any atom is 0.289 e. The van der Waals surface area contributed by atoms with Gasteiger partial charge in [0.05, 0.1) is 6.26 Å². The topological polar surface area (TPSA) is 53.8 Å². The van der Waals surface area contributed by atoms with E-state index < -0.39 is 0 Å². The standard InChI is InChI=1S/C18H26N2O3/c1-2-20(15-6-3-4-7-15)17(21)14-9-11-19(12-10-14)18(22)16-8-5-13-23-16/h5,8,13-15H,2-4,6-7,9-12H2,1H3. The molecule has 0 N–H and O–H groups in total. The second-order valence-corrected chi connectivity index (χ2v) is 6.61. The average molecular weight is 318 g/mol. The number of rotatable bonds is 4. The molecule has 1 aliphatic carbocycles. The molecular formula is C18H26N2O3. The number of hydrogen-bond donors (Lipinski definition) is 0. The van der Waals surface area contributed by atoms with Gasteiger partial charge in [0.25, 0.3) is 5.91 Å². The van der Waals surface area contributed by atoms with Crippen LogP contribution in [0.3, 0.4) is 0 Å². The van der Waals surface area contributed by atoms with E-state index in [4.69, 9.17) is 4.42 Å². The third kappa shape index (κ3) is 3.43. The van der Waals surface area contributed by atoms with Gasteiger partial charge in [-0.05, 0) is 44.7 Å². The molecule has 0 atom stereocenters. The Morgan fingerprint density at radius 3 is 2.48 bits per heavy atom. The molecule has 126 valence electrons. The van der Waals surface area contributed by atoms with Crippen molar-refractivity contribution in [1.29, 1.82) is 0 Å². The molecule has 1 saturated heterocycles. The Hall–Kier alpha value is -1.78. The molecule has 1 aromatic rings. The first-order valence-corrected chi connectivity index (χ1v) is 8.84. The number of amides is 2. The summed E-state index contributed by atoms with van der Waals surface area (Å²) in [7, 11) is 0. The van der Waals surface area contributed by atoms with Crippen LogP contribution in [0.5, 0.6) is 0 Å². The summed E-state index contributed by atoms with van der Waals surface area (Å²) in [5.74, 6) is 0.681. The van der Waals surface area contributed by atoms with Gasteiger partial charge >= 0.3 is 0 Å². The van der Waals surface area contributed by atoms with E-state index >= 15 is 0 Å². The first kappa shape index (κ1) is 16.1. The zero-order valence-corrected chi connectivity index (χ0v) is 13.9. The maximum absolute atomic E-state index is 12.8. The van der Waals surface area contributed by atoms with E-state index in [2.05, 4.69) is 11.8 Å². The average Bonchev–Trinajstić information content (AvgIpc) is 3.29. The van der Waals surface area contributed by atoms with Crippen LogP contribution in [0.1, 0.15) is 56.0 Å². The molecule has 0 bridgehead atoms. The highest BCUT2D eigenvalue weighted by atomic mass is 16.3. The highest BCUT2D eigenvalue weighted by molar-refractivity contribution is 5.91. The van der Waals surface area contributed by atoms with Crippen LogP contribution >= 0.6 is 0 Å². The van der Waals surface area contributed by atoms with Gasteiger partial charge in [0.15, 0.2) is 5.76 Å². The molecule has 2 aliphatic rings. The van der Waals surface area contributed by atoms with Crippen LogP contribution in [0.15, 0.2) is 22.8 Å². The summed E-state index contributed by atoms with van der Waals surface area (Å²) in [6.45, 7) is 4.15. The van der Waals surface area contributed by atoms with Crippen molar-refractivity contribution in [2.45, 2.75) is 51.5 Å². The first-order valence-electron chi connectivity index (χ1n) is 8.84. The molecule has 0 radical (unpaired) electrons. The highest BCUT2D eigenvalue weighted by Crippen LogP contribution is 2.27. The van der Waals surface area contributed by atoms with Crippen molar-refractivity contribution in [2.24, 2.45) is 5.92 Å². The van der Waals surface area contributed by atoms with Crippen molar-refractivity contribution in [2.75, 3.05) is 19.6 Å². The van der Waals surface area contributed by atoms with Gasteiger partial charge in [-0.25, -0.2) is 0 Å². The second-order valence-electron chi connectivity index (χ2n) is 6.61. The molecule has 0 spiro atoms. The minimum atomic E-state index is -0.0657. The van der Waals surface area contributed by atoms with Gasteiger partial charge in [0, 0.05) is 31.6 Å². The van der Waals surface area contributed by atoms with E-state index in [1.165, 1.54) is 19.1 Å². The highest BCUT2D eigenvalue weighted by Gasteiger charge is 2.33. The normalized spacial score (nSPS) is 20.0. The Balaban J connectivity index is 1.55. The van der Waals surface area contributed by atoms with E-state index in [9.17, 15) is 9.59 Å². The molecule has 1 aromatic heterocycles. The minimum Gasteiger partial charge on any atom is -0.459 e. The lowest BCUT2D eigenvalue weighted by atomic mass is 9.94. The van der Waals surface area contributed by atoms with Crippen molar-refractivity contribution >= 4 is 11.8 Å². The predicted octanol–water partition coefficient (Wildman–Crippen LogP) is 2.92. The molecule has 2 heterocycles. The second kappa shape index (κ2) is 7.20. The predicted molar refractivity (Wildman–Crippen MR) is 87.0 cm³/mol. The molecule has 1 aliphatic heterocycles. The number of hydrogen-bond acceptors (Lipinski definition) is 3. The van der Waals surface area contributed by atoms with E-state index in [1.807, 2.05) is 0 Å². The van der Waals surface area contributed by atoms with Gasteiger partial charge in [0.2, 0.25) is 5.91 Å². The molecule has 5 heteroatoms. The zero-order chi connectivity index (χ0) is 16.2. The van der Waals surface area contributed by atoms with Crippen molar-refractivity contribution in [3.05, 3.63) is 24.2 Å². The largest absolute Gasteiger partial charge is 0.459 e.